The molecule has 2 fully saturated rings. The predicted molar refractivity (Wildman–Crippen MR) is 86.6 cm³/mol. The third-order valence-electron chi connectivity index (χ3n) is 4.81. The molecule has 1 saturated heterocycles. The van der Waals surface area contributed by atoms with Crippen LogP contribution in [0, 0.1) is 5.41 Å². The standard InChI is InChI=1S/C14H22O3S3/c1-13-6-7-14(18-8-9-19-14)10-11(13)4-3-5-12(13)17-20(2,15)16/h10,12H,3-9H2,1-2H3/t12-,13-/m0/s1. The molecule has 1 saturated carbocycles. The molecule has 1 heterocycles. The van der Waals surface area contributed by atoms with Crippen LogP contribution in [0.5, 0.6) is 0 Å². The first-order chi connectivity index (χ1) is 9.33. The van der Waals surface area contributed by atoms with Crippen molar-refractivity contribution < 1.29 is 12.6 Å². The smallest absolute Gasteiger partial charge is 0.264 e. The molecule has 0 unspecified atom stereocenters. The quantitative estimate of drug-likeness (QED) is 0.572. The minimum absolute atomic E-state index is 0.0870. The Morgan fingerprint density at radius 1 is 1.30 bits per heavy atom. The van der Waals surface area contributed by atoms with E-state index in [0.717, 1.165) is 32.1 Å². The van der Waals surface area contributed by atoms with E-state index in [4.69, 9.17) is 4.18 Å². The molecule has 1 spiro atoms. The van der Waals surface area contributed by atoms with Crippen molar-refractivity contribution in [2.24, 2.45) is 5.41 Å². The van der Waals surface area contributed by atoms with Crippen LogP contribution in [0.4, 0.5) is 0 Å². The Morgan fingerprint density at radius 3 is 2.65 bits per heavy atom. The summed E-state index contributed by atoms with van der Waals surface area (Å²) in [4.78, 5) is 0. The van der Waals surface area contributed by atoms with E-state index in [1.165, 1.54) is 23.3 Å². The second-order valence-electron chi connectivity index (χ2n) is 6.28. The molecule has 0 aromatic carbocycles. The largest absolute Gasteiger partial charge is 0.266 e. The van der Waals surface area contributed by atoms with Gasteiger partial charge in [0, 0.05) is 16.9 Å². The Hall–Kier alpha value is 0.350. The lowest BCUT2D eigenvalue weighted by Gasteiger charge is -2.48. The Balaban J connectivity index is 1.89. The van der Waals surface area contributed by atoms with Gasteiger partial charge in [0.15, 0.2) is 0 Å². The van der Waals surface area contributed by atoms with Gasteiger partial charge in [0.25, 0.3) is 10.1 Å². The van der Waals surface area contributed by atoms with Gasteiger partial charge in [-0.25, -0.2) is 0 Å². The van der Waals surface area contributed by atoms with Crippen molar-refractivity contribution in [3.8, 4) is 0 Å². The minimum Gasteiger partial charge on any atom is -0.266 e. The number of thioether (sulfide) groups is 2. The molecule has 6 heteroatoms. The molecule has 2 atom stereocenters. The lowest BCUT2D eigenvalue weighted by atomic mass is 9.64. The Bertz CT molecular complexity index is 520. The second-order valence-corrected chi connectivity index (χ2v) is 11.0. The van der Waals surface area contributed by atoms with E-state index in [2.05, 4.69) is 36.5 Å². The summed E-state index contributed by atoms with van der Waals surface area (Å²) in [6.07, 6.45) is 8.61. The topological polar surface area (TPSA) is 43.4 Å². The fourth-order valence-corrected chi connectivity index (χ4v) is 7.55. The highest BCUT2D eigenvalue weighted by molar-refractivity contribution is 8.21. The molecule has 20 heavy (non-hydrogen) atoms. The van der Waals surface area contributed by atoms with Gasteiger partial charge >= 0.3 is 0 Å². The number of fused-ring (bicyclic) bond motifs is 1. The third-order valence-corrected chi connectivity index (χ3v) is 8.80. The van der Waals surface area contributed by atoms with Crippen molar-refractivity contribution in [1.29, 1.82) is 0 Å². The molecule has 0 amide bonds. The van der Waals surface area contributed by atoms with E-state index in [-0.39, 0.29) is 15.6 Å². The van der Waals surface area contributed by atoms with E-state index in [0.29, 0.717) is 0 Å². The summed E-state index contributed by atoms with van der Waals surface area (Å²) < 4.78 is 28.7. The second kappa shape index (κ2) is 5.21. The highest BCUT2D eigenvalue weighted by Gasteiger charge is 2.49. The van der Waals surface area contributed by atoms with Crippen LogP contribution < -0.4 is 0 Å². The predicted octanol–water partition coefficient (Wildman–Crippen LogP) is 3.42. The monoisotopic (exact) mass is 334 g/mol. The Morgan fingerprint density at radius 2 is 2.00 bits per heavy atom. The SMILES string of the molecule is C[C@]12CCC3(C=C1CCC[C@@H]2OS(C)(=O)=O)SCCS3. The Labute approximate surface area is 130 Å². The molecule has 1 aliphatic heterocycles. The van der Waals surface area contributed by atoms with Crippen molar-refractivity contribution >= 4 is 33.6 Å². The van der Waals surface area contributed by atoms with Gasteiger partial charge in [-0.3, -0.25) is 4.18 Å². The maximum absolute atomic E-state index is 11.5. The molecule has 3 aliphatic rings. The van der Waals surface area contributed by atoms with Crippen LogP contribution in [-0.4, -0.2) is 36.4 Å². The molecule has 0 aromatic rings. The van der Waals surface area contributed by atoms with E-state index in [9.17, 15) is 8.42 Å². The van der Waals surface area contributed by atoms with Gasteiger partial charge in [-0.1, -0.05) is 18.6 Å². The maximum Gasteiger partial charge on any atom is 0.264 e. The average molecular weight is 335 g/mol. The van der Waals surface area contributed by atoms with Gasteiger partial charge in [0.05, 0.1) is 16.4 Å². The van der Waals surface area contributed by atoms with E-state index >= 15 is 0 Å². The zero-order chi connectivity index (χ0) is 14.4. The van der Waals surface area contributed by atoms with E-state index in [1.54, 1.807) is 0 Å². The van der Waals surface area contributed by atoms with Gasteiger partial charge in [-0.2, -0.15) is 8.42 Å². The molecule has 0 N–H and O–H groups in total. The molecule has 2 aliphatic carbocycles. The lowest BCUT2D eigenvalue weighted by Crippen LogP contribution is -2.44. The van der Waals surface area contributed by atoms with E-state index < -0.39 is 10.1 Å². The number of hydrogen-bond acceptors (Lipinski definition) is 5. The van der Waals surface area contributed by atoms with Gasteiger partial charge in [-0.05, 0) is 32.1 Å². The molecule has 3 rings (SSSR count). The van der Waals surface area contributed by atoms with Crippen LogP contribution in [0.3, 0.4) is 0 Å². The highest BCUT2D eigenvalue weighted by Crippen LogP contribution is 2.58. The number of hydrogen-bond donors (Lipinski definition) is 0. The van der Waals surface area contributed by atoms with Gasteiger partial charge in [0.2, 0.25) is 0 Å². The summed E-state index contributed by atoms with van der Waals surface area (Å²) in [6.45, 7) is 2.20. The molecule has 0 bridgehead atoms. The molecular weight excluding hydrogens is 312 g/mol. The van der Waals surface area contributed by atoms with Crippen LogP contribution >= 0.6 is 23.5 Å². The van der Waals surface area contributed by atoms with Crippen molar-refractivity contribution in [1.82, 2.24) is 0 Å². The van der Waals surface area contributed by atoms with Gasteiger partial charge in [0.1, 0.15) is 0 Å². The van der Waals surface area contributed by atoms with Crippen molar-refractivity contribution in [2.75, 3.05) is 17.8 Å². The normalized spacial score (nSPS) is 36.7. The molecular formula is C14H22O3S3. The van der Waals surface area contributed by atoms with Crippen molar-refractivity contribution in [3.63, 3.8) is 0 Å². The average Bonchev–Trinajstić information content (AvgIpc) is 2.79. The Kier molecular flexibility index (Phi) is 3.98. The van der Waals surface area contributed by atoms with Gasteiger partial charge in [-0.15, -0.1) is 23.5 Å². The first kappa shape index (κ1) is 15.3. The summed E-state index contributed by atoms with van der Waals surface area (Å²) in [5, 5.41) is 0. The van der Waals surface area contributed by atoms with Crippen LogP contribution in [-0.2, 0) is 14.3 Å². The first-order valence-electron chi connectivity index (χ1n) is 7.21. The zero-order valence-electron chi connectivity index (χ0n) is 12.1. The van der Waals surface area contributed by atoms with Crippen LogP contribution in [0.25, 0.3) is 0 Å². The maximum atomic E-state index is 11.5. The molecule has 3 nitrogen and oxygen atoms in total. The molecule has 0 radical (unpaired) electrons. The lowest BCUT2D eigenvalue weighted by molar-refractivity contribution is 0.0528. The highest BCUT2D eigenvalue weighted by atomic mass is 32.2. The summed E-state index contributed by atoms with van der Waals surface area (Å²) in [6, 6.07) is 0. The fraction of sp³-hybridized carbons (Fsp3) is 0.857. The summed E-state index contributed by atoms with van der Waals surface area (Å²) in [5.41, 5.74) is 1.35. The van der Waals surface area contributed by atoms with Crippen molar-refractivity contribution in [3.05, 3.63) is 11.6 Å². The molecule has 0 aromatic heterocycles. The summed E-state index contributed by atoms with van der Waals surface area (Å²) in [7, 11) is -3.38. The number of rotatable bonds is 2. The van der Waals surface area contributed by atoms with Crippen LogP contribution in [0.1, 0.15) is 39.0 Å². The first-order valence-corrected chi connectivity index (χ1v) is 11.0. The summed E-state index contributed by atoms with van der Waals surface area (Å²) in [5.74, 6) is 2.46. The summed E-state index contributed by atoms with van der Waals surface area (Å²) >= 11 is 4.12. The van der Waals surface area contributed by atoms with E-state index in [1.807, 2.05) is 0 Å². The fourth-order valence-electron chi connectivity index (χ4n) is 3.68. The third kappa shape index (κ3) is 2.81. The minimum atomic E-state index is -3.38. The van der Waals surface area contributed by atoms with Crippen LogP contribution in [0.15, 0.2) is 11.6 Å². The van der Waals surface area contributed by atoms with Crippen LogP contribution in [0.2, 0.25) is 0 Å². The molecule has 114 valence electrons. The van der Waals surface area contributed by atoms with Crippen molar-refractivity contribution in [2.45, 2.75) is 49.2 Å². The van der Waals surface area contributed by atoms with Gasteiger partial charge < -0.3 is 0 Å². The zero-order valence-corrected chi connectivity index (χ0v) is 14.5.